The molecule has 1 aromatic carbocycles. The number of hydrogen-bond donors (Lipinski definition) is 0. The van der Waals surface area contributed by atoms with E-state index < -0.39 is 18.4 Å². The van der Waals surface area contributed by atoms with Crippen LogP contribution in [-0.4, -0.2) is 21.4 Å². The standard InChI is InChI=1S/C19H18F5N3O/c1-3-4-9-27-17-16(11(2)26-27)14(19(22,23)24)10-15(25-17)12-5-7-13(8-6-12)28-18(20)21/h5-8,10,18H,3-4,9H2,1-2H3. The highest BCUT2D eigenvalue weighted by atomic mass is 19.4. The quantitative estimate of drug-likeness (QED) is 0.490. The summed E-state index contributed by atoms with van der Waals surface area (Å²) in [6.07, 6.45) is -2.97. The van der Waals surface area contributed by atoms with E-state index in [1.165, 1.54) is 35.9 Å². The molecule has 0 saturated heterocycles. The van der Waals surface area contributed by atoms with Gasteiger partial charge >= 0.3 is 12.8 Å². The Morgan fingerprint density at radius 2 is 1.82 bits per heavy atom. The van der Waals surface area contributed by atoms with Crippen molar-refractivity contribution >= 4 is 11.0 Å². The molecule has 0 aliphatic rings. The number of ether oxygens (including phenoxy) is 1. The van der Waals surface area contributed by atoms with Crippen molar-refractivity contribution in [2.75, 3.05) is 0 Å². The second-order valence-corrected chi connectivity index (χ2v) is 6.32. The van der Waals surface area contributed by atoms with E-state index in [4.69, 9.17) is 0 Å². The first-order valence-electron chi connectivity index (χ1n) is 8.71. The zero-order valence-electron chi connectivity index (χ0n) is 15.2. The number of nitrogens with zero attached hydrogens (tertiary/aromatic N) is 3. The van der Waals surface area contributed by atoms with Gasteiger partial charge in [0, 0.05) is 12.1 Å². The number of rotatable bonds is 6. The summed E-state index contributed by atoms with van der Waals surface area (Å²) in [6.45, 7) is 0.975. The van der Waals surface area contributed by atoms with Crippen LogP contribution in [0.1, 0.15) is 31.0 Å². The molecule has 0 amide bonds. The summed E-state index contributed by atoms with van der Waals surface area (Å²) in [5, 5.41) is 4.21. The van der Waals surface area contributed by atoms with Crippen molar-refractivity contribution in [3.8, 4) is 17.0 Å². The fourth-order valence-electron chi connectivity index (χ4n) is 3.00. The van der Waals surface area contributed by atoms with Gasteiger partial charge in [-0.05, 0) is 43.7 Å². The fraction of sp³-hybridized carbons (Fsp3) is 0.368. The molecule has 0 fully saturated rings. The predicted octanol–water partition coefficient (Wildman–Crippen LogP) is 5.83. The van der Waals surface area contributed by atoms with Crippen LogP contribution in [0.2, 0.25) is 0 Å². The molecule has 28 heavy (non-hydrogen) atoms. The summed E-state index contributed by atoms with van der Waals surface area (Å²) in [7, 11) is 0. The number of aryl methyl sites for hydroxylation is 2. The number of unbranched alkanes of at least 4 members (excludes halogenated alkanes) is 1. The molecule has 0 bridgehead atoms. The number of alkyl halides is 5. The van der Waals surface area contributed by atoms with Crippen molar-refractivity contribution in [3.05, 3.63) is 41.6 Å². The number of aromatic nitrogens is 3. The highest BCUT2D eigenvalue weighted by molar-refractivity contribution is 5.85. The molecule has 0 aliphatic carbocycles. The molecule has 2 heterocycles. The van der Waals surface area contributed by atoms with Gasteiger partial charge in [-0.15, -0.1) is 0 Å². The Labute approximate surface area is 157 Å². The minimum atomic E-state index is -4.59. The number of halogens is 5. The van der Waals surface area contributed by atoms with Crippen LogP contribution in [0, 0.1) is 6.92 Å². The van der Waals surface area contributed by atoms with Gasteiger partial charge in [0.25, 0.3) is 0 Å². The Bertz CT molecular complexity index is 964. The molecule has 0 aliphatic heterocycles. The van der Waals surface area contributed by atoms with Crippen molar-refractivity contribution in [1.82, 2.24) is 14.8 Å². The van der Waals surface area contributed by atoms with Gasteiger partial charge in [0.2, 0.25) is 0 Å². The Balaban J connectivity index is 2.15. The lowest BCUT2D eigenvalue weighted by Crippen LogP contribution is -2.08. The molecule has 0 saturated carbocycles. The van der Waals surface area contributed by atoms with Crippen LogP contribution in [-0.2, 0) is 12.7 Å². The first kappa shape index (κ1) is 20.0. The molecule has 2 aromatic heterocycles. The third-order valence-electron chi connectivity index (χ3n) is 4.28. The Morgan fingerprint density at radius 3 is 2.39 bits per heavy atom. The molecule has 0 unspecified atom stereocenters. The average Bonchev–Trinajstić information content (AvgIpc) is 2.94. The predicted molar refractivity (Wildman–Crippen MR) is 94.2 cm³/mol. The van der Waals surface area contributed by atoms with Gasteiger partial charge in [-0.1, -0.05) is 13.3 Å². The van der Waals surface area contributed by atoms with Gasteiger partial charge in [-0.3, -0.25) is 0 Å². The van der Waals surface area contributed by atoms with Gasteiger partial charge in [-0.2, -0.15) is 27.1 Å². The summed E-state index contributed by atoms with van der Waals surface area (Å²) in [5.41, 5.74) is 0.0403. The van der Waals surface area contributed by atoms with E-state index in [1.54, 1.807) is 0 Å². The summed E-state index contributed by atoms with van der Waals surface area (Å²) >= 11 is 0. The summed E-state index contributed by atoms with van der Waals surface area (Å²) in [6, 6.07) is 6.28. The molecule has 3 rings (SSSR count). The lowest BCUT2D eigenvalue weighted by atomic mass is 10.1. The van der Waals surface area contributed by atoms with Crippen LogP contribution in [0.4, 0.5) is 22.0 Å². The first-order chi connectivity index (χ1) is 13.2. The van der Waals surface area contributed by atoms with Crippen LogP contribution in [0.3, 0.4) is 0 Å². The minimum Gasteiger partial charge on any atom is -0.435 e. The van der Waals surface area contributed by atoms with Gasteiger partial charge in [0.1, 0.15) is 5.75 Å². The zero-order valence-corrected chi connectivity index (χ0v) is 15.2. The third kappa shape index (κ3) is 4.07. The maximum atomic E-state index is 13.7. The monoisotopic (exact) mass is 399 g/mol. The maximum Gasteiger partial charge on any atom is 0.417 e. The Morgan fingerprint density at radius 1 is 1.14 bits per heavy atom. The first-order valence-corrected chi connectivity index (χ1v) is 8.71. The fourth-order valence-corrected chi connectivity index (χ4v) is 3.00. The van der Waals surface area contributed by atoms with E-state index in [0.717, 1.165) is 18.9 Å². The molecule has 150 valence electrons. The number of pyridine rings is 1. The highest BCUT2D eigenvalue weighted by Crippen LogP contribution is 2.38. The smallest absolute Gasteiger partial charge is 0.417 e. The molecule has 4 nitrogen and oxygen atoms in total. The molecular weight excluding hydrogens is 381 g/mol. The van der Waals surface area contributed by atoms with E-state index in [9.17, 15) is 22.0 Å². The van der Waals surface area contributed by atoms with Crippen LogP contribution < -0.4 is 4.74 Å². The molecule has 0 atom stereocenters. The van der Waals surface area contributed by atoms with Crippen LogP contribution >= 0.6 is 0 Å². The van der Waals surface area contributed by atoms with Gasteiger partial charge in [0.15, 0.2) is 5.65 Å². The van der Waals surface area contributed by atoms with Crippen molar-refractivity contribution in [2.45, 2.75) is 46.0 Å². The zero-order chi connectivity index (χ0) is 20.5. The van der Waals surface area contributed by atoms with Gasteiger partial charge in [0.05, 0.1) is 22.3 Å². The van der Waals surface area contributed by atoms with Gasteiger partial charge in [-0.25, -0.2) is 9.67 Å². The average molecular weight is 399 g/mol. The topological polar surface area (TPSA) is 39.9 Å². The molecule has 3 aromatic rings. The second-order valence-electron chi connectivity index (χ2n) is 6.32. The van der Waals surface area contributed by atoms with E-state index >= 15 is 0 Å². The molecule has 9 heteroatoms. The van der Waals surface area contributed by atoms with Crippen molar-refractivity contribution in [1.29, 1.82) is 0 Å². The SMILES string of the molecule is CCCCn1nc(C)c2c(C(F)(F)F)cc(-c3ccc(OC(F)F)cc3)nc21. The molecule has 0 spiro atoms. The van der Waals surface area contributed by atoms with Crippen LogP contribution in [0.5, 0.6) is 5.75 Å². The molecule has 0 N–H and O–H groups in total. The lowest BCUT2D eigenvalue weighted by Gasteiger charge is -2.12. The third-order valence-corrected chi connectivity index (χ3v) is 4.28. The van der Waals surface area contributed by atoms with Crippen molar-refractivity contribution in [3.63, 3.8) is 0 Å². The van der Waals surface area contributed by atoms with E-state index in [2.05, 4.69) is 14.8 Å². The number of fused-ring (bicyclic) bond motifs is 1. The summed E-state index contributed by atoms with van der Waals surface area (Å²) in [4.78, 5) is 4.40. The lowest BCUT2D eigenvalue weighted by molar-refractivity contribution is -0.136. The highest BCUT2D eigenvalue weighted by Gasteiger charge is 2.35. The van der Waals surface area contributed by atoms with Crippen LogP contribution in [0.15, 0.2) is 30.3 Å². The minimum absolute atomic E-state index is 0.0231. The number of hydrogen-bond acceptors (Lipinski definition) is 3. The van der Waals surface area contributed by atoms with Crippen LogP contribution in [0.25, 0.3) is 22.3 Å². The van der Waals surface area contributed by atoms with Crippen molar-refractivity contribution < 1.29 is 26.7 Å². The Hall–Kier alpha value is -2.71. The maximum absolute atomic E-state index is 13.7. The summed E-state index contributed by atoms with van der Waals surface area (Å²) in [5.74, 6) is -0.0836. The van der Waals surface area contributed by atoms with E-state index in [-0.39, 0.29) is 28.2 Å². The van der Waals surface area contributed by atoms with E-state index in [0.29, 0.717) is 12.1 Å². The molecular formula is C19H18F5N3O. The van der Waals surface area contributed by atoms with Crippen molar-refractivity contribution in [2.24, 2.45) is 0 Å². The van der Waals surface area contributed by atoms with E-state index in [1.807, 2.05) is 6.92 Å². The molecule has 0 radical (unpaired) electrons. The normalized spacial score (nSPS) is 12.1. The largest absolute Gasteiger partial charge is 0.435 e. The van der Waals surface area contributed by atoms with Gasteiger partial charge < -0.3 is 4.74 Å². The second kappa shape index (κ2) is 7.73. The number of benzene rings is 1. The Kier molecular flexibility index (Phi) is 5.53. The summed E-state index contributed by atoms with van der Waals surface area (Å²) < 4.78 is 71.4.